The van der Waals surface area contributed by atoms with Gasteiger partial charge in [-0.05, 0) is 12.5 Å². The molecule has 0 fully saturated rings. The van der Waals surface area contributed by atoms with Gasteiger partial charge in [0.05, 0.1) is 12.8 Å². The zero-order valence-electron chi connectivity index (χ0n) is 15.8. The van der Waals surface area contributed by atoms with E-state index >= 15 is 0 Å². The molecule has 0 radical (unpaired) electrons. The van der Waals surface area contributed by atoms with Gasteiger partial charge in [0, 0.05) is 29.6 Å². The molecule has 0 aliphatic rings. The summed E-state index contributed by atoms with van der Waals surface area (Å²) in [6, 6.07) is 5.35. The number of aromatic nitrogens is 5. The van der Waals surface area contributed by atoms with Gasteiger partial charge in [-0.15, -0.1) is 0 Å². The van der Waals surface area contributed by atoms with E-state index in [1.807, 2.05) is 19.3 Å². The number of pyridine rings is 1. The predicted molar refractivity (Wildman–Crippen MR) is 103 cm³/mol. The zero-order chi connectivity index (χ0) is 20.5. The summed E-state index contributed by atoms with van der Waals surface area (Å²) in [5.74, 6) is -1.50. The Labute approximate surface area is 164 Å². The van der Waals surface area contributed by atoms with Crippen molar-refractivity contribution < 1.29 is 19.4 Å². The highest BCUT2D eigenvalue weighted by Gasteiger charge is 2.24. The average molecular weight is 394 g/mol. The molecule has 3 heterocycles. The minimum atomic E-state index is -0.667. The molecule has 4 aromatic rings. The number of esters is 1. The van der Waals surface area contributed by atoms with E-state index in [2.05, 4.69) is 20.5 Å². The van der Waals surface area contributed by atoms with Crippen LogP contribution in [0.15, 0.2) is 36.9 Å². The molecule has 0 atom stereocenters. The van der Waals surface area contributed by atoms with Gasteiger partial charge < -0.3 is 15.2 Å². The maximum absolute atomic E-state index is 12.7. The lowest BCUT2D eigenvalue weighted by Gasteiger charge is -2.13. The third kappa shape index (κ3) is 3.14. The Morgan fingerprint density at radius 3 is 2.83 bits per heavy atom. The van der Waals surface area contributed by atoms with Gasteiger partial charge in [-0.3, -0.25) is 14.3 Å². The van der Waals surface area contributed by atoms with E-state index in [1.54, 1.807) is 29.9 Å². The number of aryl methyl sites for hydroxylation is 1. The Hall–Kier alpha value is -3.95. The molecule has 4 rings (SSSR count). The number of aromatic hydroxyl groups is 1. The topological polar surface area (TPSA) is 124 Å². The lowest BCUT2D eigenvalue weighted by Crippen LogP contribution is -2.32. The number of hydrogen-bond donors (Lipinski definition) is 2. The largest absolute Gasteiger partial charge is 0.505 e. The Morgan fingerprint density at radius 1 is 1.28 bits per heavy atom. The molecule has 1 aromatic carbocycles. The van der Waals surface area contributed by atoms with Crippen LogP contribution in [0.1, 0.15) is 17.4 Å². The second kappa shape index (κ2) is 7.23. The average Bonchev–Trinajstić information content (AvgIpc) is 3.35. The fraction of sp³-hybridized carbons (Fsp3) is 0.211. The van der Waals surface area contributed by atoms with Crippen molar-refractivity contribution in [2.75, 3.05) is 13.2 Å². The van der Waals surface area contributed by atoms with Crippen molar-refractivity contribution in [3.05, 3.63) is 42.6 Å². The van der Waals surface area contributed by atoms with Gasteiger partial charge in [0.1, 0.15) is 12.9 Å². The summed E-state index contributed by atoms with van der Waals surface area (Å²) in [6.45, 7) is 1.56. The molecule has 0 bridgehead atoms. The molecule has 0 aliphatic carbocycles. The van der Waals surface area contributed by atoms with Crippen LogP contribution < -0.4 is 5.32 Å². The van der Waals surface area contributed by atoms with E-state index < -0.39 is 11.9 Å². The number of nitrogens with one attached hydrogen (secondary N) is 1. The first-order valence-corrected chi connectivity index (χ1v) is 8.91. The minimum Gasteiger partial charge on any atom is -0.505 e. The molecule has 3 aromatic heterocycles. The summed E-state index contributed by atoms with van der Waals surface area (Å²) in [5, 5.41) is 22.7. The number of rotatable bonds is 5. The van der Waals surface area contributed by atoms with Gasteiger partial charge >= 0.3 is 5.97 Å². The monoisotopic (exact) mass is 394 g/mol. The Bertz CT molecular complexity index is 1240. The fourth-order valence-electron chi connectivity index (χ4n) is 3.25. The summed E-state index contributed by atoms with van der Waals surface area (Å²) >= 11 is 0. The zero-order valence-corrected chi connectivity index (χ0v) is 15.8. The molecule has 0 unspecified atom stereocenters. The maximum atomic E-state index is 12.7. The molecular formula is C19H18N6O4. The molecule has 10 nitrogen and oxygen atoms in total. The van der Waals surface area contributed by atoms with E-state index in [9.17, 15) is 14.7 Å². The number of fused-ring (bicyclic) bond motifs is 3. The first-order chi connectivity index (χ1) is 14.0. The van der Waals surface area contributed by atoms with E-state index in [-0.39, 0.29) is 24.6 Å². The van der Waals surface area contributed by atoms with Gasteiger partial charge in [-0.1, -0.05) is 18.2 Å². The summed E-state index contributed by atoms with van der Waals surface area (Å²) in [4.78, 5) is 28.5. The fourth-order valence-corrected chi connectivity index (χ4v) is 3.25. The first-order valence-electron chi connectivity index (χ1n) is 8.91. The Kier molecular flexibility index (Phi) is 4.59. The van der Waals surface area contributed by atoms with Gasteiger partial charge in [-0.2, -0.15) is 10.2 Å². The molecular weight excluding hydrogens is 376 g/mol. The number of carbonyl (C=O) groups excluding carboxylic acids is 2. The van der Waals surface area contributed by atoms with Gasteiger partial charge in [0.25, 0.3) is 5.91 Å². The van der Waals surface area contributed by atoms with Gasteiger partial charge in [0.2, 0.25) is 0 Å². The summed E-state index contributed by atoms with van der Waals surface area (Å²) in [5.41, 5.74) is 1.92. The van der Waals surface area contributed by atoms with Crippen molar-refractivity contribution >= 4 is 28.3 Å². The minimum absolute atomic E-state index is 0.113. The third-order valence-corrected chi connectivity index (χ3v) is 4.46. The lowest BCUT2D eigenvalue weighted by atomic mass is 10.00. The van der Waals surface area contributed by atoms with Crippen LogP contribution in [0, 0.1) is 0 Å². The molecule has 1 amide bonds. The van der Waals surface area contributed by atoms with Crippen LogP contribution in [0.4, 0.5) is 0 Å². The number of carbonyl (C=O) groups is 2. The number of amides is 1. The van der Waals surface area contributed by atoms with E-state index in [0.29, 0.717) is 16.4 Å². The molecule has 148 valence electrons. The summed E-state index contributed by atoms with van der Waals surface area (Å²) in [7, 11) is 1.81. The van der Waals surface area contributed by atoms with Crippen LogP contribution in [0.3, 0.4) is 0 Å². The van der Waals surface area contributed by atoms with E-state index in [1.165, 1.54) is 10.8 Å². The van der Waals surface area contributed by atoms with E-state index in [4.69, 9.17) is 4.74 Å². The van der Waals surface area contributed by atoms with Gasteiger partial charge in [0.15, 0.2) is 17.1 Å². The van der Waals surface area contributed by atoms with Crippen molar-refractivity contribution in [2.24, 2.45) is 7.05 Å². The van der Waals surface area contributed by atoms with Crippen molar-refractivity contribution in [1.82, 2.24) is 29.7 Å². The molecule has 10 heteroatoms. The molecule has 0 saturated heterocycles. The normalized spacial score (nSPS) is 11.1. The smallest absolute Gasteiger partial charge is 0.325 e. The number of nitrogens with zero attached hydrogens (tertiary/aromatic N) is 5. The SMILES string of the molecule is CCOC(=O)CNC(=O)c1c(O)c2cccc(-c3cnn(C)c3)c2c2ncnn12. The van der Waals surface area contributed by atoms with Crippen LogP contribution in [0.2, 0.25) is 0 Å². The Morgan fingerprint density at radius 2 is 2.10 bits per heavy atom. The predicted octanol–water partition coefficient (Wildman–Crippen LogP) is 1.28. The Balaban J connectivity index is 1.88. The van der Waals surface area contributed by atoms with Crippen LogP contribution in [-0.2, 0) is 16.6 Å². The van der Waals surface area contributed by atoms with Crippen LogP contribution in [0.5, 0.6) is 5.75 Å². The second-order valence-corrected chi connectivity index (χ2v) is 6.31. The second-order valence-electron chi connectivity index (χ2n) is 6.31. The molecule has 29 heavy (non-hydrogen) atoms. The highest BCUT2D eigenvalue weighted by Crippen LogP contribution is 2.37. The number of benzene rings is 1. The van der Waals surface area contributed by atoms with Crippen molar-refractivity contribution in [2.45, 2.75) is 6.92 Å². The van der Waals surface area contributed by atoms with Crippen molar-refractivity contribution in [3.63, 3.8) is 0 Å². The van der Waals surface area contributed by atoms with Crippen LogP contribution in [0.25, 0.3) is 27.5 Å². The van der Waals surface area contributed by atoms with Gasteiger partial charge in [-0.25, -0.2) is 9.50 Å². The molecule has 0 spiro atoms. The standard InChI is InChI=1S/C19H18N6O4/c1-3-29-14(26)8-20-19(28)16-17(27)13-6-4-5-12(11-7-22-24(2)9-11)15(13)18-21-10-23-25(16)18/h4-7,9-10,27H,3,8H2,1-2H3,(H,20,28). The quantitative estimate of drug-likeness (QED) is 0.489. The summed E-state index contributed by atoms with van der Waals surface area (Å²) in [6.07, 6.45) is 4.85. The first kappa shape index (κ1) is 18.4. The van der Waals surface area contributed by atoms with Crippen molar-refractivity contribution in [1.29, 1.82) is 0 Å². The maximum Gasteiger partial charge on any atom is 0.325 e. The summed E-state index contributed by atoms with van der Waals surface area (Å²) < 4.78 is 7.74. The highest BCUT2D eigenvalue weighted by molar-refractivity contribution is 6.12. The number of hydrogen-bond acceptors (Lipinski definition) is 7. The van der Waals surface area contributed by atoms with Crippen LogP contribution in [-0.4, -0.2) is 54.5 Å². The third-order valence-electron chi connectivity index (χ3n) is 4.46. The number of ether oxygens (including phenoxy) is 1. The van der Waals surface area contributed by atoms with Crippen LogP contribution >= 0.6 is 0 Å². The van der Waals surface area contributed by atoms with E-state index in [0.717, 1.165) is 11.1 Å². The lowest BCUT2D eigenvalue weighted by molar-refractivity contribution is -0.141. The molecule has 0 saturated carbocycles. The highest BCUT2D eigenvalue weighted by atomic mass is 16.5. The molecule has 0 aliphatic heterocycles. The van der Waals surface area contributed by atoms with Crippen molar-refractivity contribution in [3.8, 4) is 16.9 Å². The molecule has 2 N–H and O–H groups in total.